The quantitative estimate of drug-likeness (QED) is 0.257. The minimum atomic E-state index is -4.69. The first-order valence-electron chi connectivity index (χ1n) is 13.6. The SMILES string of the molecule is CCc1ccc(C(F)(F)F)c(-c2sc(C)cc2COc2ccc(C3CCN(C(=O)C4CC4)CC3)cc2C(F)(F)F)n1. The van der Waals surface area contributed by atoms with Gasteiger partial charge in [-0.25, -0.2) is 0 Å². The van der Waals surface area contributed by atoms with Crippen molar-refractivity contribution in [1.29, 1.82) is 0 Å². The molecule has 220 valence electrons. The number of carbonyl (C=O) groups excluding carboxylic acids is 1. The van der Waals surface area contributed by atoms with Crippen molar-refractivity contribution in [3.05, 3.63) is 69.2 Å². The highest BCUT2D eigenvalue weighted by Crippen LogP contribution is 2.43. The Kier molecular flexibility index (Phi) is 8.11. The van der Waals surface area contributed by atoms with Crippen molar-refractivity contribution in [1.82, 2.24) is 9.88 Å². The summed E-state index contributed by atoms with van der Waals surface area (Å²) in [5, 5.41) is 0. The summed E-state index contributed by atoms with van der Waals surface area (Å²) >= 11 is 1.10. The number of carbonyl (C=O) groups is 1. The van der Waals surface area contributed by atoms with Gasteiger partial charge in [0.2, 0.25) is 5.91 Å². The number of aryl methyl sites for hydroxylation is 2. The molecule has 1 saturated heterocycles. The fraction of sp³-hybridized carbons (Fsp3) is 0.467. The van der Waals surface area contributed by atoms with Crippen LogP contribution in [-0.2, 0) is 30.2 Å². The first-order valence-corrected chi connectivity index (χ1v) is 14.5. The fourth-order valence-electron chi connectivity index (χ4n) is 5.30. The highest BCUT2D eigenvalue weighted by atomic mass is 32.1. The number of aromatic nitrogens is 1. The Morgan fingerprint density at radius 2 is 1.66 bits per heavy atom. The molecule has 3 aromatic rings. The van der Waals surface area contributed by atoms with E-state index in [4.69, 9.17) is 4.74 Å². The molecule has 0 bridgehead atoms. The monoisotopic (exact) mass is 596 g/mol. The van der Waals surface area contributed by atoms with Gasteiger partial charge in [0.1, 0.15) is 12.4 Å². The van der Waals surface area contributed by atoms with Crippen LogP contribution in [0.4, 0.5) is 26.3 Å². The van der Waals surface area contributed by atoms with Gasteiger partial charge in [0.15, 0.2) is 0 Å². The van der Waals surface area contributed by atoms with Crippen molar-refractivity contribution in [3.8, 4) is 16.3 Å². The summed E-state index contributed by atoms with van der Waals surface area (Å²) in [7, 11) is 0. The zero-order chi connectivity index (χ0) is 29.5. The molecule has 0 N–H and O–H groups in total. The second-order valence-corrected chi connectivity index (χ2v) is 11.9. The molecule has 1 aromatic carbocycles. The molecule has 0 spiro atoms. The predicted octanol–water partition coefficient (Wildman–Crippen LogP) is 8.41. The van der Waals surface area contributed by atoms with Crippen molar-refractivity contribution in [2.75, 3.05) is 13.1 Å². The van der Waals surface area contributed by atoms with Crippen LogP contribution in [0.3, 0.4) is 0 Å². The number of pyridine rings is 1. The summed E-state index contributed by atoms with van der Waals surface area (Å²) in [6, 6.07) is 7.95. The van der Waals surface area contributed by atoms with Gasteiger partial charge in [-0.05, 0) is 80.8 Å². The molecule has 1 aliphatic carbocycles. The van der Waals surface area contributed by atoms with Gasteiger partial charge in [0, 0.05) is 35.1 Å². The lowest BCUT2D eigenvalue weighted by atomic mass is 9.88. The molecule has 2 aliphatic rings. The zero-order valence-electron chi connectivity index (χ0n) is 22.7. The van der Waals surface area contributed by atoms with Crippen LogP contribution in [0.15, 0.2) is 36.4 Å². The van der Waals surface area contributed by atoms with Crippen LogP contribution in [0.2, 0.25) is 0 Å². The number of amides is 1. The number of hydrogen-bond acceptors (Lipinski definition) is 4. The van der Waals surface area contributed by atoms with E-state index in [1.807, 2.05) is 4.90 Å². The van der Waals surface area contributed by atoms with Crippen molar-refractivity contribution >= 4 is 17.2 Å². The van der Waals surface area contributed by atoms with Crippen LogP contribution in [0, 0.1) is 12.8 Å². The van der Waals surface area contributed by atoms with E-state index < -0.39 is 23.5 Å². The second kappa shape index (κ2) is 11.3. The largest absolute Gasteiger partial charge is 0.488 e. The Bertz CT molecular complexity index is 1420. The molecule has 1 saturated carbocycles. The molecule has 1 amide bonds. The lowest BCUT2D eigenvalue weighted by Gasteiger charge is -2.32. The molecule has 5 rings (SSSR count). The first kappa shape index (κ1) is 29.4. The third-order valence-electron chi connectivity index (χ3n) is 7.66. The minimum absolute atomic E-state index is 0.110. The van der Waals surface area contributed by atoms with E-state index >= 15 is 0 Å². The molecule has 0 unspecified atom stereocenters. The maximum atomic E-state index is 14.1. The molecule has 11 heteroatoms. The summed E-state index contributed by atoms with van der Waals surface area (Å²) < 4.78 is 89.5. The van der Waals surface area contributed by atoms with Crippen LogP contribution < -0.4 is 4.74 Å². The number of thiophene rings is 1. The number of halogens is 6. The van der Waals surface area contributed by atoms with E-state index in [2.05, 4.69) is 4.98 Å². The number of likely N-dealkylation sites (tertiary alicyclic amines) is 1. The minimum Gasteiger partial charge on any atom is -0.488 e. The third-order valence-corrected chi connectivity index (χ3v) is 8.76. The van der Waals surface area contributed by atoms with Crippen molar-refractivity contribution in [2.45, 2.75) is 70.8 Å². The fourth-order valence-corrected chi connectivity index (χ4v) is 6.32. The van der Waals surface area contributed by atoms with E-state index in [9.17, 15) is 31.1 Å². The van der Waals surface area contributed by atoms with Gasteiger partial charge in [-0.2, -0.15) is 26.3 Å². The molecule has 2 fully saturated rings. The normalized spacial score (nSPS) is 16.7. The van der Waals surface area contributed by atoms with Crippen LogP contribution >= 0.6 is 11.3 Å². The molecular formula is C30H30F6N2O2S. The average Bonchev–Trinajstić information content (AvgIpc) is 3.72. The van der Waals surface area contributed by atoms with Gasteiger partial charge < -0.3 is 9.64 Å². The second-order valence-electron chi connectivity index (χ2n) is 10.7. The van der Waals surface area contributed by atoms with Crippen molar-refractivity contribution in [3.63, 3.8) is 0 Å². The highest BCUT2D eigenvalue weighted by Gasteiger charge is 2.38. The average molecular weight is 597 g/mol. The number of hydrogen-bond donors (Lipinski definition) is 0. The Morgan fingerprint density at radius 1 is 0.976 bits per heavy atom. The lowest BCUT2D eigenvalue weighted by Crippen LogP contribution is -2.38. The molecular weight excluding hydrogens is 566 g/mol. The van der Waals surface area contributed by atoms with E-state index in [-0.39, 0.29) is 40.7 Å². The smallest absolute Gasteiger partial charge is 0.419 e. The van der Waals surface area contributed by atoms with E-state index in [0.29, 0.717) is 54.0 Å². The maximum Gasteiger partial charge on any atom is 0.419 e. The van der Waals surface area contributed by atoms with Gasteiger partial charge in [-0.1, -0.05) is 13.0 Å². The number of benzene rings is 1. The lowest BCUT2D eigenvalue weighted by molar-refractivity contribution is -0.139. The van der Waals surface area contributed by atoms with E-state index in [1.54, 1.807) is 26.0 Å². The van der Waals surface area contributed by atoms with Gasteiger partial charge in [0.05, 0.1) is 21.7 Å². The summed E-state index contributed by atoms with van der Waals surface area (Å²) in [6.07, 6.45) is -5.93. The Hall–Kier alpha value is -3.08. The van der Waals surface area contributed by atoms with Crippen LogP contribution in [0.1, 0.15) is 71.3 Å². The maximum absolute atomic E-state index is 14.1. The highest BCUT2D eigenvalue weighted by molar-refractivity contribution is 7.15. The van der Waals surface area contributed by atoms with E-state index in [0.717, 1.165) is 36.3 Å². The summed E-state index contributed by atoms with van der Waals surface area (Å²) in [4.78, 5) is 19.3. The molecule has 0 radical (unpaired) electrons. The molecule has 0 atom stereocenters. The van der Waals surface area contributed by atoms with Crippen LogP contribution in [0.5, 0.6) is 5.75 Å². The van der Waals surface area contributed by atoms with Crippen LogP contribution in [0.25, 0.3) is 10.6 Å². The topological polar surface area (TPSA) is 42.4 Å². The van der Waals surface area contributed by atoms with Crippen molar-refractivity contribution in [2.24, 2.45) is 5.92 Å². The molecule has 4 nitrogen and oxygen atoms in total. The zero-order valence-corrected chi connectivity index (χ0v) is 23.5. The number of alkyl halides is 6. The van der Waals surface area contributed by atoms with Gasteiger partial charge >= 0.3 is 12.4 Å². The number of piperidine rings is 1. The molecule has 3 heterocycles. The predicted molar refractivity (Wildman–Crippen MR) is 144 cm³/mol. The molecule has 2 aromatic heterocycles. The summed E-state index contributed by atoms with van der Waals surface area (Å²) in [5.41, 5.74) is -0.727. The van der Waals surface area contributed by atoms with Gasteiger partial charge in [-0.3, -0.25) is 9.78 Å². The number of nitrogens with zero attached hydrogens (tertiary/aromatic N) is 2. The molecule has 41 heavy (non-hydrogen) atoms. The Balaban J connectivity index is 1.38. The molecule has 1 aliphatic heterocycles. The number of rotatable bonds is 7. The first-order chi connectivity index (χ1) is 19.3. The van der Waals surface area contributed by atoms with Gasteiger partial charge in [-0.15, -0.1) is 11.3 Å². The third kappa shape index (κ3) is 6.55. The van der Waals surface area contributed by atoms with E-state index in [1.165, 1.54) is 12.1 Å². The Morgan fingerprint density at radius 3 is 2.27 bits per heavy atom. The standard InChI is InChI=1S/C30H30F6N2O2S/c1-3-22-7-8-23(29(31,32)33)26(37-22)27-21(14-17(2)41-27)16-40-25-9-6-20(15-24(25)30(34,35)36)18-10-12-38(13-11-18)28(39)19-4-5-19/h6-9,14-15,18-19H,3-5,10-13,16H2,1-2H3. The number of ether oxygens (including phenoxy) is 1. The summed E-state index contributed by atoms with van der Waals surface area (Å²) in [5.74, 6) is -0.245. The Labute approximate surface area is 238 Å². The summed E-state index contributed by atoms with van der Waals surface area (Å²) in [6.45, 7) is 4.19. The van der Waals surface area contributed by atoms with Gasteiger partial charge in [0.25, 0.3) is 0 Å². The van der Waals surface area contributed by atoms with Crippen molar-refractivity contribution < 1.29 is 35.9 Å². The van der Waals surface area contributed by atoms with Crippen LogP contribution in [-0.4, -0.2) is 28.9 Å².